The molecule has 0 saturated carbocycles. The summed E-state index contributed by atoms with van der Waals surface area (Å²) in [7, 11) is 3.33. The number of benzene rings is 2. The fourth-order valence-corrected chi connectivity index (χ4v) is 4.53. The van der Waals surface area contributed by atoms with Crippen LogP contribution in [-0.2, 0) is 16.1 Å². The number of likely N-dealkylation sites (tertiary alicyclic amines) is 1. The summed E-state index contributed by atoms with van der Waals surface area (Å²) >= 11 is 0. The van der Waals surface area contributed by atoms with Gasteiger partial charge in [-0.2, -0.15) is 0 Å². The van der Waals surface area contributed by atoms with E-state index < -0.39 is 0 Å². The van der Waals surface area contributed by atoms with Gasteiger partial charge in [0.15, 0.2) is 0 Å². The average molecular weight is 443 g/mol. The van der Waals surface area contributed by atoms with Gasteiger partial charge in [-0.05, 0) is 29.7 Å². The van der Waals surface area contributed by atoms with E-state index in [9.17, 15) is 9.18 Å². The molecule has 6 heteroatoms. The van der Waals surface area contributed by atoms with Crippen molar-refractivity contribution in [2.75, 3.05) is 47.0 Å². The van der Waals surface area contributed by atoms with Gasteiger partial charge in [0.05, 0.1) is 13.7 Å². The van der Waals surface area contributed by atoms with Crippen molar-refractivity contribution in [2.24, 2.45) is 11.8 Å². The number of ether oxygens (including phenoxy) is 2. The molecule has 3 rings (SSSR count). The maximum Gasteiger partial charge on any atom is 0.225 e. The highest BCUT2D eigenvalue weighted by Gasteiger charge is 2.36. The summed E-state index contributed by atoms with van der Waals surface area (Å²) in [4.78, 5) is 17.1. The highest BCUT2D eigenvalue weighted by atomic mass is 19.1. The van der Waals surface area contributed by atoms with E-state index in [1.54, 1.807) is 20.3 Å². The van der Waals surface area contributed by atoms with Gasteiger partial charge in [-0.3, -0.25) is 9.69 Å². The van der Waals surface area contributed by atoms with E-state index in [1.165, 1.54) is 11.6 Å². The molecule has 2 unspecified atom stereocenters. The molecular weight excluding hydrogens is 407 g/mol. The van der Waals surface area contributed by atoms with Crippen LogP contribution < -0.4 is 4.74 Å². The second-order valence-corrected chi connectivity index (χ2v) is 8.86. The maximum absolute atomic E-state index is 14.3. The molecule has 0 bridgehead atoms. The SMILES string of the molecule is COCCN(CC1CN(Cc2ccccc2F)CC1c1cccc(OC)c1)C(=O)C(C)C. The van der Waals surface area contributed by atoms with Gasteiger partial charge in [0, 0.05) is 57.2 Å². The number of amides is 1. The first-order valence-electron chi connectivity index (χ1n) is 11.3. The van der Waals surface area contributed by atoms with Crippen LogP contribution in [0.15, 0.2) is 48.5 Å². The lowest BCUT2D eigenvalue weighted by Gasteiger charge is -2.30. The molecule has 1 aliphatic rings. The van der Waals surface area contributed by atoms with Crippen molar-refractivity contribution in [3.8, 4) is 5.75 Å². The summed E-state index contributed by atoms with van der Waals surface area (Å²) in [6, 6.07) is 15.1. The van der Waals surface area contributed by atoms with Crippen LogP contribution in [0.4, 0.5) is 4.39 Å². The molecule has 1 fully saturated rings. The first-order chi connectivity index (χ1) is 15.4. The van der Waals surface area contributed by atoms with E-state index in [1.807, 2.05) is 43.0 Å². The molecule has 2 aromatic rings. The molecule has 5 nitrogen and oxygen atoms in total. The lowest BCUT2D eigenvalue weighted by Crippen LogP contribution is -2.41. The first kappa shape index (κ1) is 24.2. The summed E-state index contributed by atoms with van der Waals surface area (Å²) in [6.45, 7) is 7.75. The largest absolute Gasteiger partial charge is 0.497 e. The van der Waals surface area contributed by atoms with Crippen LogP contribution in [0.25, 0.3) is 0 Å². The fourth-order valence-electron chi connectivity index (χ4n) is 4.53. The van der Waals surface area contributed by atoms with Crippen LogP contribution in [0, 0.1) is 17.7 Å². The van der Waals surface area contributed by atoms with E-state index in [4.69, 9.17) is 9.47 Å². The molecule has 0 N–H and O–H groups in total. The molecule has 174 valence electrons. The highest BCUT2D eigenvalue weighted by molar-refractivity contribution is 5.78. The molecule has 1 amide bonds. The summed E-state index contributed by atoms with van der Waals surface area (Å²) in [5.74, 6) is 1.17. The minimum atomic E-state index is -0.175. The zero-order valence-corrected chi connectivity index (χ0v) is 19.6. The van der Waals surface area contributed by atoms with Gasteiger partial charge in [0.25, 0.3) is 0 Å². The Morgan fingerprint density at radius 1 is 1.16 bits per heavy atom. The first-order valence-corrected chi connectivity index (χ1v) is 11.3. The molecule has 0 aliphatic carbocycles. The predicted octanol–water partition coefficient (Wildman–Crippen LogP) is 4.18. The Morgan fingerprint density at radius 3 is 2.62 bits per heavy atom. The highest BCUT2D eigenvalue weighted by Crippen LogP contribution is 2.36. The number of methoxy groups -OCH3 is 2. The fraction of sp³-hybridized carbons (Fsp3) is 0.500. The number of rotatable bonds is 10. The second kappa shape index (κ2) is 11.4. The van der Waals surface area contributed by atoms with E-state index in [0.29, 0.717) is 31.8 Å². The molecule has 1 heterocycles. The maximum atomic E-state index is 14.3. The predicted molar refractivity (Wildman–Crippen MR) is 124 cm³/mol. The number of nitrogens with zero attached hydrogens (tertiary/aromatic N) is 2. The van der Waals surface area contributed by atoms with E-state index >= 15 is 0 Å². The third kappa shape index (κ3) is 6.08. The third-order valence-electron chi connectivity index (χ3n) is 6.22. The van der Waals surface area contributed by atoms with Gasteiger partial charge in [0.2, 0.25) is 5.91 Å². The lowest BCUT2D eigenvalue weighted by molar-refractivity contribution is -0.135. The molecule has 2 atom stereocenters. The van der Waals surface area contributed by atoms with Crippen molar-refractivity contribution >= 4 is 5.91 Å². The van der Waals surface area contributed by atoms with Crippen molar-refractivity contribution in [3.63, 3.8) is 0 Å². The van der Waals surface area contributed by atoms with E-state index in [0.717, 1.165) is 18.8 Å². The van der Waals surface area contributed by atoms with Gasteiger partial charge >= 0.3 is 0 Å². The Balaban J connectivity index is 1.84. The molecule has 0 aromatic heterocycles. The molecule has 2 aromatic carbocycles. The molecule has 1 saturated heterocycles. The third-order valence-corrected chi connectivity index (χ3v) is 6.22. The van der Waals surface area contributed by atoms with Gasteiger partial charge in [0.1, 0.15) is 11.6 Å². The van der Waals surface area contributed by atoms with Gasteiger partial charge < -0.3 is 14.4 Å². The smallest absolute Gasteiger partial charge is 0.225 e. The van der Waals surface area contributed by atoms with E-state index in [-0.39, 0.29) is 29.5 Å². The molecule has 0 spiro atoms. The Morgan fingerprint density at radius 2 is 1.94 bits per heavy atom. The minimum Gasteiger partial charge on any atom is -0.497 e. The molecular formula is C26H35FN2O3. The van der Waals surface area contributed by atoms with Crippen LogP contribution in [0.3, 0.4) is 0 Å². The van der Waals surface area contributed by atoms with Crippen LogP contribution in [0.2, 0.25) is 0 Å². The normalized spacial score (nSPS) is 18.8. The standard InChI is InChI=1S/C26H35FN2O3/c1-19(2)26(30)29(12-13-31-3)17-22-16-28(15-21-8-5-6-11-25(21)27)18-24(22)20-9-7-10-23(14-20)32-4/h5-11,14,19,22,24H,12-13,15-18H2,1-4H3. The Kier molecular flexibility index (Phi) is 8.65. The van der Waals surface area contributed by atoms with Crippen molar-refractivity contribution in [1.29, 1.82) is 0 Å². The lowest BCUT2D eigenvalue weighted by atomic mass is 9.88. The topological polar surface area (TPSA) is 42.0 Å². The number of halogens is 1. The minimum absolute atomic E-state index is 0.0713. The van der Waals surface area contributed by atoms with Gasteiger partial charge in [-0.15, -0.1) is 0 Å². The van der Waals surface area contributed by atoms with Crippen LogP contribution >= 0.6 is 0 Å². The number of carbonyl (C=O) groups is 1. The number of hydrogen-bond donors (Lipinski definition) is 0. The van der Waals surface area contributed by atoms with Crippen LogP contribution in [0.5, 0.6) is 5.75 Å². The zero-order valence-electron chi connectivity index (χ0n) is 19.6. The molecule has 32 heavy (non-hydrogen) atoms. The number of carbonyl (C=O) groups excluding carboxylic acids is 1. The summed E-state index contributed by atoms with van der Waals surface area (Å²) in [6.07, 6.45) is 0. The molecule has 1 aliphatic heterocycles. The average Bonchev–Trinajstić information content (AvgIpc) is 3.19. The summed E-state index contributed by atoms with van der Waals surface area (Å²) in [5.41, 5.74) is 1.89. The van der Waals surface area contributed by atoms with Gasteiger partial charge in [-0.25, -0.2) is 4.39 Å². The van der Waals surface area contributed by atoms with Crippen molar-refractivity contribution in [2.45, 2.75) is 26.3 Å². The Hall–Kier alpha value is -2.44. The number of hydrogen-bond acceptors (Lipinski definition) is 4. The van der Waals surface area contributed by atoms with Crippen molar-refractivity contribution in [3.05, 3.63) is 65.5 Å². The van der Waals surface area contributed by atoms with Crippen molar-refractivity contribution < 1.29 is 18.7 Å². The summed E-state index contributed by atoms with van der Waals surface area (Å²) < 4.78 is 25.0. The Labute approximate surface area is 191 Å². The zero-order chi connectivity index (χ0) is 23.1. The monoisotopic (exact) mass is 442 g/mol. The summed E-state index contributed by atoms with van der Waals surface area (Å²) in [5, 5.41) is 0. The van der Waals surface area contributed by atoms with Gasteiger partial charge in [-0.1, -0.05) is 44.2 Å². The van der Waals surface area contributed by atoms with E-state index in [2.05, 4.69) is 17.0 Å². The van der Waals surface area contributed by atoms with Crippen LogP contribution in [-0.4, -0.2) is 62.7 Å². The van der Waals surface area contributed by atoms with Crippen LogP contribution in [0.1, 0.15) is 30.9 Å². The Bertz CT molecular complexity index is 889. The van der Waals surface area contributed by atoms with Crippen molar-refractivity contribution in [1.82, 2.24) is 9.80 Å². The quantitative estimate of drug-likeness (QED) is 0.554. The molecule has 0 radical (unpaired) electrons. The second-order valence-electron chi connectivity index (χ2n) is 8.86.